The Hall–Kier alpha value is -0.940. The lowest BCUT2D eigenvalue weighted by Gasteiger charge is -2.10. The summed E-state index contributed by atoms with van der Waals surface area (Å²) in [6.07, 6.45) is 4.20. The summed E-state index contributed by atoms with van der Waals surface area (Å²) in [5.74, 6) is 1.61. The van der Waals surface area contributed by atoms with E-state index in [-0.39, 0.29) is 0 Å². The zero-order valence-electron chi connectivity index (χ0n) is 12.7. The van der Waals surface area contributed by atoms with Gasteiger partial charge >= 0.3 is 0 Å². The minimum atomic E-state index is 0.336. The van der Waals surface area contributed by atoms with Crippen LogP contribution in [0.1, 0.15) is 46.4 Å². The summed E-state index contributed by atoms with van der Waals surface area (Å²) < 4.78 is 7.49. The lowest BCUT2D eigenvalue weighted by molar-refractivity contribution is 0.0760. The highest BCUT2D eigenvalue weighted by molar-refractivity contribution is 4.83. The highest BCUT2D eigenvalue weighted by Crippen LogP contribution is 2.01. The van der Waals surface area contributed by atoms with Gasteiger partial charge in [0.15, 0.2) is 0 Å². The molecule has 0 fully saturated rings. The molecular weight excluding hydrogens is 240 g/mol. The van der Waals surface area contributed by atoms with Crippen molar-refractivity contribution in [3.8, 4) is 0 Å². The largest absolute Gasteiger partial charge is 0.379 e. The quantitative estimate of drug-likeness (QED) is 0.661. The van der Waals surface area contributed by atoms with Crippen LogP contribution in [0.5, 0.6) is 0 Å². The molecule has 1 heterocycles. The first-order valence-electron chi connectivity index (χ1n) is 7.28. The van der Waals surface area contributed by atoms with E-state index >= 15 is 0 Å². The SMILES string of the molecule is CC(C)Cn1ncnc1CNCCCCOC(C)C. The number of ether oxygens (including phenoxy) is 1. The predicted molar refractivity (Wildman–Crippen MR) is 76.9 cm³/mol. The first-order chi connectivity index (χ1) is 9.09. The molecule has 0 saturated carbocycles. The molecule has 1 aromatic rings. The van der Waals surface area contributed by atoms with E-state index in [1.54, 1.807) is 6.33 Å². The lowest BCUT2D eigenvalue weighted by atomic mass is 10.2. The molecule has 1 N–H and O–H groups in total. The maximum Gasteiger partial charge on any atom is 0.140 e. The van der Waals surface area contributed by atoms with Crippen LogP contribution >= 0.6 is 0 Å². The van der Waals surface area contributed by atoms with E-state index < -0.39 is 0 Å². The lowest BCUT2D eigenvalue weighted by Crippen LogP contribution is -2.20. The fourth-order valence-corrected chi connectivity index (χ4v) is 1.79. The van der Waals surface area contributed by atoms with Crippen molar-refractivity contribution in [1.29, 1.82) is 0 Å². The molecule has 5 nitrogen and oxygen atoms in total. The first-order valence-corrected chi connectivity index (χ1v) is 7.28. The molecule has 0 atom stereocenters. The Kier molecular flexibility index (Phi) is 7.67. The van der Waals surface area contributed by atoms with Crippen LogP contribution in [0, 0.1) is 5.92 Å². The molecule has 1 rings (SSSR count). The summed E-state index contributed by atoms with van der Waals surface area (Å²) in [6.45, 7) is 12.1. The molecule has 0 spiro atoms. The van der Waals surface area contributed by atoms with Crippen molar-refractivity contribution < 1.29 is 4.74 Å². The molecule has 110 valence electrons. The molecule has 0 bridgehead atoms. The van der Waals surface area contributed by atoms with Crippen LogP contribution in [0.3, 0.4) is 0 Å². The molecular formula is C14H28N4O. The van der Waals surface area contributed by atoms with Crippen LogP contribution < -0.4 is 5.32 Å². The van der Waals surface area contributed by atoms with E-state index in [4.69, 9.17) is 4.74 Å². The number of nitrogens with zero attached hydrogens (tertiary/aromatic N) is 3. The van der Waals surface area contributed by atoms with E-state index in [1.807, 2.05) is 4.68 Å². The number of hydrogen-bond acceptors (Lipinski definition) is 4. The van der Waals surface area contributed by atoms with E-state index in [2.05, 4.69) is 43.1 Å². The molecule has 0 aliphatic heterocycles. The van der Waals surface area contributed by atoms with Gasteiger partial charge in [0.05, 0.1) is 12.6 Å². The third kappa shape index (κ3) is 7.28. The molecule has 1 aromatic heterocycles. The van der Waals surface area contributed by atoms with E-state index in [1.165, 1.54) is 0 Å². The second kappa shape index (κ2) is 9.04. The van der Waals surface area contributed by atoms with E-state index in [0.717, 1.165) is 44.9 Å². The van der Waals surface area contributed by atoms with Crippen LogP contribution in [0.2, 0.25) is 0 Å². The number of hydrogen-bond donors (Lipinski definition) is 1. The summed E-state index contributed by atoms with van der Waals surface area (Å²) in [5, 5.41) is 7.66. The van der Waals surface area contributed by atoms with Crippen LogP contribution in [0.4, 0.5) is 0 Å². The molecule has 5 heteroatoms. The number of aromatic nitrogens is 3. The first kappa shape index (κ1) is 16.1. The van der Waals surface area contributed by atoms with Gasteiger partial charge in [0.1, 0.15) is 12.2 Å². The summed E-state index contributed by atoms with van der Waals surface area (Å²) in [4.78, 5) is 4.29. The third-order valence-corrected chi connectivity index (χ3v) is 2.72. The summed E-state index contributed by atoms with van der Waals surface area (Å²) in [6, 6.07) is 0. The van der Waals surface area contributed by atoms with Crippen LogP contribution in [0.25, 0.3) is 0 Å². The Morgan fingerprint density at radius 3 is 2.74 bits per heavy atom. The van der Waals surface area contributed by atoms with Gasteiger partial charge in [-0.15, -0.1) is 0 Å². The minimum Gasteiger partial charge on any atom is -0.379 e. The van der Waals surface area contributed by atoms with Crippen molar-refractivity contribution in [1.82, 2.24) is 20.1 Å². The molecule has 0 unspecified atom stereocenters. The van der Waals surface area contributed by atoms with Gasteiger partial charge in [0, 0.05) is 13.2 Å². The van der Waals surface area contributed by atoms with Gasteiger partial charge in [-0.2, -0.15) is 5.10 Å². The summed E-state index contributed by atoms with van der Waals surface area (Å²) in [5.41, 5.74) is 0. The van der Waals surface area contributed by atoms with Gasteiger partial charge in [-0.25, -0.2) is 9.67 Å². The van der Waals surface area contributed by atoms with Crippen molar-refractivity contribution in [2.75, 3.05) is 13.2 Å². The minimum absolute atomic E-state index is 0.336. The average molecular weight is 268 g/mol. The summed E-state index contributed by atoms with van der Waals surface area (Å²) >= 11 is 0. The highest BCUT2D eigenvalue weighted by atomic mass is 16.5. The van der Waals surface area contributed by atoms with Gasteiger partial charge in [0.25, 0.3) is 0 Å². The Morgan fingerprint density at radius 1 is 1.26 bits per heavy atom. The predicted octanol–water partition coefficient (Wildman–Crippen LogP) is 2.23. The highest BCUT2D eigenvalue weighted by Gasteiger charge is 2.05. The Morgan fingerprint density at radius 2 is 2.05 bits per heavy atom. The average Bonchev–Trinajstić information content (AvgIpc) is 2.74. The summed E-state index contributed by atoms with van der Waals surface area (Å²) in [7, 11) is 0. The molecule has 0 saturated heterocycles. The Bertz CT molecular complexity index is 336. The fraction of sp³-hybridized carbons (Fsp3) is 0.857. The molecule has 0 aliphatic carbocycles. The Balaban J connectivity index is 2.11. The third-order valence-electron chi connectivity index (χ3n) is 2.72. The van der Waals surface area contributed by atoms with Crippen molar-refractivity contribution in [2.24, 2.45) is 5.92 Å². The van der Waals surface area contributed by atoms with E-state index in [9.17, 15) is 0 Å². The number of unbranched alkanes of at least 4 members (excludes halogenated alkanes) is 1. The maximum absolute atomic E-state index is 5.50. The van der Waals surface area contributed by atoms with Crippen LogP contribution in [-0.4, -0.2) is 34.0 Å². The number of nitrogens with one attached hydrogen (secondary N) is 1. The second-order valence-corrected chi connectivity index (χ2v) is 5.56. The Labute approximate surface area is 116 Å². The smallest absolute Gasteiger partial charge is 0.140 e. The van der Waals surface area contributed by atoms with Gasteiger partial charge in [-0.05, 0) is 39.2 Å². The molecule has 19 heavy (non-hydrogen) atoms. The van der Waals surface area contributed by atoms with Crippen LogP contribution in [0.15, 0.2) is 6.33 Å². The van der Waals surface area contributed by atoms with Crippen LogP contribution in [-0.2, 0) is 17.8 Å². The zero-order chi connectivity index (χ0) is 14.1. The topological polar surface area (TPSA) is 52.0 Å². The van der Waals surface area contributed by atoms with Crippen molar-refractivity contribution in [2.45, 2.75) is 59.7 Å². The van der Waals surface area contributed by atoms with E-state index in [0.29, 0.717) is 12.0 Å². The van der Waals surface area contributed by atoms with Crippen molar-refractivity contribution >= 4 is 0 Å². The molecule has 0 aliphatic rings. The van der Waals surface area contributed by atoms with Gasteiger partial charge in [0.2, 0.25) is 0 Å². The zero-order valence-corrected chi connectivity index (χ0v) is 12.7. The fourth-order valence-electron chi connectivity index (χ4n) is 1.79. The second-order valence-electron chi connectivity index (χ2n) is 5.56. The maximum atomic E-state index is 5.50. The van der Waals surface area contributed by atoms with Crippen molar-refractivity contribution in [3.05, 3.63) is 12.2 Å². The van der Waals surface area contributed by atoms with Gasteiger partial charge in [-0.3, -0.25) is 0 Å². The van der Waals surface area contributed by atoms with Gasteiger partial charge in [-0.1, -0.05) is 13.8 Å². The monoisotopic (exact) mass is 268 g/mol. The number of rotatable bonds is 10. The van der Waals surface area contributed by atoms with Gasteiger partial charge < -0.3 is 10.1 Å². The molecule has 0 radical (unpaired) electrons. The normalized spacial score (nSPS) is 11.7. The van der Waals surface area contributed by atoms with Crippen molar-refractivity contribution in [3.63, 3.8) is 0 Å². The standard InChI is InChI=1S/C14H28N4O/c1-12(2)10-18-14(16-11-17-18)9-15-7-5-6-8-19-13(3)4/h11-13,15H,5-10H2,1-4H3. The molecule has 0 aromatic carbocycles. The molecule has 0 amide bonds.